The van der Waals surface area contributed by atoms with Crippen LogP contribution in [-0.4, -0.2) is 30.1 Å². The van der Waals surface area contributed by atoms with Gasteiger partial charge in [0.15, 0.2) is 0 Å². The summed E-state index contributed by atoms with van der Waals surface area (Å²) >= 11 is 0. The predicted molar refractivity (Wildman–Crippen MR) is 66.9 cm³/mol. The van der Waals surface area contributed by atoms with Gasteiger partial charge >= 0.3 is 0 Å². The van der Waals surface area contributed by atoms with Crippen molar-refractivity contribution < 1.29 is 14.3 Å². The highest BCUT2D eigenvalue weighted by Gasteiger charge is 2.27. The minimum absolute atomic E-state index is 0.0536. The summed E-state index contributed by atoms with van der Waals surface area (Å²) in [5.74, 6) is -0.439. The molecule has 1 aliphatic heterocycles. The maximum absolute atomic E-state index is 13.2. The Bertz CT molecular complexity index is 462. The second-order valence-electron chi connectivity index (χ2n) is 4.54. The molecule has 0 aromatic heterocycles. The number of nitrogens with zero attached hydrogens (tertiary/aromatic N) is 1. The Morgan fingerprint density at radius 2 is 2.28 bits per heavy atom. The van der Waals surface area contributed by atoms with Gasteiger partial charge in [0.2, 0.25) is 5.91 Å². The summed E-state index contributed by atoms with van der Waals surface area (Å²) < 4.78 is 13.2. The van der Waals surface area contributed by atoms with E-state index < -0.39 is 6.10 Å². The molecule has 0 spiro atoms. The molecule has 2 atom stereocenters. The lowest BCUT2D eigenvalue weighted by Gasteiger charge is -2.36. The summed E-state index contributed by atoms with van der Waals surface area (Å²) in [4.78, 5) is 13.5. The highest BCUT2D eigenvalue weighted by Crippen LogP contribution is 2.29. The Labute approximate surface area is 105 Å². The molecule has 0 aliphatic carbocycles. The standard InChI is InChI=1S/C13H17FN2O2/c1-8-13(18)15-5-6-16(8)12-4-3-10(14)7-11(12)9(2)17/h3-4,7-9,17H,5-6H2,1-2H3,(H,15,18)/t8?,9-/m1/s1. The molecule has 1 aromatic carbocycles. The van der Waals surface area contributed by atoms with Crippen LogP contribution in [-0.2, 0) is 4.79 Å². The van der Waals surface area contributed by atoms with Gasteiger partial charge in [-0.2, -0.15) is 0 Å². The van der Waals surface area contributed by atoms with Gasteiger partial charge in [0.05, 0.1) is 6.10 Å². The molecule has 0 bridgehead atoms. The van der Waals surface area contributed by atoms with E-state index in [1.807, 2.05) is 4.90 Å². The Morgan fingerprint density at radius 1 is 1.56 bits per heavy atom. The number of piperazine rings is 1. The van der Waals surface area contributed by atoms with Gasteiger partial charge in [-0.1, -0.05) is 0 Å². The molecule has 0 saturated carbocycles. The molecule has 4 nitrogen and oxygen atoms in total. The number of nitrogens with one attached hydrogen (secondary N) is 1. The van der Waals surface area contributed by atoms with Crippen LogP contribution in [0.1, 0.15) is 25.5 Å². The quantitative estimate of drug-likeness (QED) is 0.831. The lowest BCUT2D eigenvalue weighted by Crippen LogP contribution is -2.54. The zero-order chi connectivity index (χ0) is 13.3. The van der Waals surface area contributed by atoms with Gasteiger partial charge in [0, 0.05) is 24.3 Å². The Balaban J connectivity index is 2.40. The molecule has 1 saturated heterocycles. The van der Waals surface area contributed by atoms with E-state index in [1.54, 1.807) is 19.9 Å². The second-order valence-corrected chi connectivity index (χ2v) is 4.54. The highest BCUT2D eigenvalue weighted by atomic mass is 19.1. The van der Waals surface area contributed by atoms with Crippen LogP contribution in [0.2, 0.25) is 0 Å². The normalized spacial score (nSPS) is 21.7. The van der Waals surface area contributed by atoms with Crippen LogP contribution < -0.4 is 10.2 Å². The summed E-state index contributed by atoms with van der Waals surface area (Å²) in [5, 5.41) is 12.5. The van der Waals surface area contributed by atoms with E-state index in [4.69, 9.17) is 0 Å². The molecular weight excluding hydrogens is 235 g/mol. The molecule has 5 heteroatoms. The van der Waals surface area contributed by atoms with E-state index in [0.717, 1.165) is 0 Å². The number of halogens is 1. The van der Waals surface area contributed by atoms with Gasteiger partial charge in [-0.15, -0.1) is 0 Å². The lowest BCUT2D eigenvalue weighted by atomic mass is 10.0. The van der Waals surface area contributed by atoms with Crippen molar-refractivity contribution in [1.82, 2.24) is 5.32 Å². The number of benzene rings is 1. The van der Waals surface area contributed by atoms with E-state index in [-0.39, 0.29) is 17.8 Å². The largest absolute Gasteiger partial charge is 0.389 e. The lowest BCUT2D eigenvalue weighted by molar-refractivity contribution is -0.122. The molecule has 1 fully saturated rings. The number of carbonyl (C=O) groups is 1. The third-order valence-corrected chi connectivity index (χ3v) is 3.25. The van der Waals surface area contributed by atoms with Crippen LogP contribution >= 0.6 is 0 Å². The van der Waals surface area contributed by atoms with Gasteiger partial charge in [-0.25, -0.2) is 4.39 Å². The number of anilines is 1. The van der Waals surface area contributed by atoms with E-state index >= 15 is 0 Å². The SMILES string of the molecule is CC1C(=O)NCCN1c1ccc(F)cc1[C@@H](C)O. The van der Waals surface area contributed by atoms with Crippen LogP contribution in [0.4, 0.5) is 10.1 Å². The molecule has 2 rings (SSSR count). The fourth-order valence-electron chi connectivity index (χ4n) is 2.23. The third-order valence-electron chi connectivity index (χ3n) is 3.25. The zero-order valence-electron chi connectivity index (χ0n) is 10.5. The van der Waals surface area contributed by atoms with Gasteiger partial charge < -0.3 is 15.3 Å². The monoisotopic (exact) mass is 252 g/mol. The van der Waals surface area contributed by atoms with Crippen molar-refractivity contribution in [3.05, 3.63) is 29.6 Å². The fraction of sp³-hybridized carbons (Fsp3) is 0.462. The first kappa shape index (κ1) is 12.8. The Hall–Kier alpha value is -1.62. The van der Waals surface area contributed by atoms with Crippen molar-refractivity contribution in [2.45, 2.75) is 26.0 Å². The molecule has 98 valence electrons. The van der Waals surface area contributed by atoms with Crippen LogP contribution in [0.3, 0.4) is 0 Å². The van der Waals surface area contributed by atoms with Crippen LogP contribution in [0.15, 0.2) is 18.2 Å². The Morgan fingerprint density at radius 3 is 2.94 bits per heavy atom. The second kappa shape index (κ2) is 4.94. The van der Waals surface area contributed by atoms with E-state index in [0.29, 0.717) is 24.3 Å². The van der Waals surface area contributed by atoms with Crippen LogP contribution in [0, 0.1) is 5.82 Å². The minimum Gasteiger partial charge on any atom is -0.389 e. The van der Waals surface area contributed by atoms with Gasteiger partial charge in [-0.05, 0) is 32.0 Å². The Kier molecular flexibility index (Phi) is 3.52. The molecule has 18 heavy (non-hydrogen) atoms. The number of aliphatic hydroxyl groups is 1. The molecule has 1 aliphatic rings. The first-order valence-electron chi connectivity index (χ1n) is 6.02. The number of carbonyl (C=O) groups excluding carboxylic acids is 1. The zero-order valence-corrected chi connectivity index (χ0v) is 10.5. The summed E-state index contributed by atoms with van der Waals surface area (Å²) in [5.41, 5.74) is 1.23. The van der Waals surface area contributed by atoms with Crippen LogP contribution in [0.5, 0.6) is 0 Å². The summed E-state index contributed by atoms with van der Waals surface area (Å²) in [7, 11) is 0. The van der Waals surface area contributed by atoms with Crippen molar-refractivity contribution in [3.63, 3.8) is 0 Å². The highest BCUT2D eigenvalue weighted by molar-refractivity contribution is 5.86. The number of hydrogen-bond acceptors (Lipinski definition) is 3. The van der Waals surface area contributed by atoms with Crippen molar-refractivity contribution in [3.8, 4) is 0 Å². The molecule has 0 radical (unpaired) electrons. The van der Waals surface area contributed by atoms with Crippen molar-refractivity contribution in [1.29, 1.82) is 0 Å². The maximum Gasteiger partial charge on any atom is 0.242 e. The molecule has 1 unspecified atom stereocenters. The molecule has 1 amide bonds. The first-order valence-corrected chi connectivity index (χ1v) is 6.02. The number of rotatable bonds is 2. The molecule has 1 heterocycles. The molecule has 1 aromatic rings. The van der Waals surface area contributed by atoms with Gasteiger partial charge in [0.1, 0.15) is 11.9 Å². The van der Waals surface area contributed by atoms with Crippen molar-refractivity contribution >= 4 is 11.6 Å². The van der Waals surface area contributed by atoms with Gasteiger partial charge in [0.25, 0.3) is 0 Å². The summed E-state index contributed by atoms with van der Waals surface area (Å²) in [6.45, 7) is 4.59. The van der Waals surface area contributed by atoms with E-state index in [9.17, 15) is 14.3 Å². The van der Waals surface area contributed by atoms with Crippen LogP contribution in [0.25, 0.3) is 0 Å². The average molecular weight is 252 g/mol. The van der Waals surface area contributed by atoms with Crippen molar-refractivity contribution in [2.24, 2.45) is 0 Å². The number of aliphatic hydroxyl groups excluding tert-OH is 1. The average Bonchev–Trinajstić information content (AvgIpc) is 2.33. The van der Waals surface area contributed by atoms with E-state index in [1.165, 1.54) is 12.1 Å². The van der Waals surface area contributed by atoms with Crippen molar-refractivity contribution in [2.75, 3.05) is 18.0 Å². The fourth-order valence-corrected chi connectivity index (χ4v) is 2.23. The summed E-state index contributed by atoms with van der Waals surface area (Å²) in [6, 6.07) is 3.97. The molecule has 2 N–H and O–H groups in total. The first-order chi connectivity index (χ1) is 8.50. The topological polar surface area (TPSA) is 52.6 Å². The summed E-state index contributed by atoms with van der Waals surface area (Å²) in [6.07, 6.45) is -0.770. The predicted octanol–water partition coefficient (Wildman–Crippen LogP) is 1.20. The minimum atomic E-state index is -0.770. The third kappa shape index (κ3) is 2.31. The number of amides is 1. The maximum atomic E-state index is 13.2. The van der Waals surface area contributed by atoms with Gasteiger partial charge in [-0.3, -0.25) is 4.79 Å². The smallest absolute Gasteiger partial charge is 0.242 e. The molecular formula is C13H17FN2O2. The number of hydrogen-bond donors (Lipinski definition) is 2. The van der Waals surface area contributed by atoms with E-state index in [2.05, 4.69) is 5.32 Å².